The summed E-state index contributed by atoms with van der Waals surface area (Å²) in [6, 6.07) is 7.21. The number of sulfonamides is 1. The van der Waals surface area contributed by atoms with Gasteiger partial charge in [-0.15, -0.1) is 0 Å². The minimum atomic E-state index is -4.08. The lowest BCUT2D eigenvalue weighted by atomic mass is 10.1. The van der Waals surface area contributed by atoms with Gasteiger partial charge in [0.1, 0.15) is 17.2 Å². The van der Waals surface area contributed by atoms with E-state index in [1.54, 1.807) is 13.8 Å². The quantitative estimate of drug-likeness (QED) is 0.588. The summed E-state index contributed by atoms with van der Waals surface area (Å²) >= 11 is 0. The van der Waals surface area contributed by atoms with Gasteiger partial charge in [0.15, 0.2) is 0 Å². The highest BCUT2D eigenvalue weighted by molar-refractivity contribution is 7.89. The number of hydrogen-bond donors (Lipinski definition) is 3. The van der Waals surface area contributed by atoms with Gasteiger partial charge in [-0.2, -0.15) is 4.72 Å². The fourth-order valence-electron chi connectivity index (χ4n) is 2.76. The zero-order valence-electron chi connectivity index (χ0n) is 14.5. The van der Waals surface area contributed by atoms with Gasteiger partial charge < -0.3 is 14.6 Å². The van der Waals surface area contributed by atoms with Crippen LogP contribution in [0.2, 0.25) is 0 Å². The van der Waals surface area contributed by atoms with Crippen molar-refractivity contribution in [1.29, 1.82) is 0 Å². The molecule has 2 aromatic carbocycles. The van der Waals surface area contributed by atoms with E-state index in [0.717, 1.165) is 0 Å². The fourth-order valence-corrected chi connectivity index (χ4v) is 4.12. The molecule has 3 rings (SSSR count). The molecule has 1 heterocycles. The molecule has 8 nitrogen and oxygen atoms in total. The largest absolute Gasteiger partial charge is 0.480 e. The van der Waals surface area contributed by atoms with E-state index in [9.17, 15) is 23.1 Å². The van der Waals surface area contributed by atoms with Gasteiger partial charge in [0.25, 0.3) is 0 Å². The standard InChI is InChI=1S/C18H17NO7S/c1-9(2)16(18(22)23)19-27(24,25)11-4-5-12-13-7-10(17(20)21)3-6-14(13)26-15(12)8-11/h3-9,16,19H,1-2H3,(H,20,21)(H,22,23)/t16-/m0/s1. The number of aliphatic carboxylic acids is 1. The number of fused-ring (bicyclic) bond motifs is 3. The van der Waals surface area contributed by atoms with Crippen molar-refractivity contribution < 1.29 is 32.6 Å². The van der Waals surface area contributed by atoms with Gasteiger partial charge in [-0.05, 0) is 36.2 Å². The Balaban J connectivity index is 2.07. The molecule has 0 aliphatic carbocycles. The lowest BCUT2D eigenvalue weighted by Gasteiger charge is -2.17. The number of carbonyl (C=O) groups is 2. The molecule has 0 saturated carbocycles. The molecule has 3 N–H and O–H groups in total. The van der Waals surface area contributed by atoms with E-state index in [1.807, 2.05) is 0 Å². The smallest absolute Gasteiger partial charge is 0.335 e. The predicted molar refractivity (Wildman–Crippen MR) is 97.3 cm³/mol. The zero-order chi connectivity index (χ0) is 19.9. The number of furan rings is 1. The molecule has 3 aromatic rings. The van der Waals surface area contributed by atoms with Crippen molar-refractivity contribution in [2.45, 2.75) is 24.8 Å². The molecule has 0 aliphatic heterocycles. The molecule has 142 valence electrons. The van der Waals surface area contributed by atoms with Crippen LogP contribution in [-0.4, -0.2) is 36.6 Å². The van der Waals surface area contributed by atoms with Crippen molar-refractivity contribution >= 4 is 43.9 Å². The van der Waals surface area contributed by atoms with E-state index in [1.165, 1.54) is 36.4 Å². The van der Waals surface area contributed by atoms with E-state index < -0.39 is 33.9 Å². The van der Waals surface area contributed by atoms with Gasteiger partial charge in [0, 0.05) is 16.8 Å². The molecule has 0 unspecified atom stereocenters. The molecule has 0 spiro atoms. The van der Waals surface area contributed by atoms with Crippen LogP contribution in [0.3, 0.4) is 0 Å². The third-order valence-corrected chi connectivity index (χ3v) is 5.65. The number of aromatic carboxylic acids is 1. The summed E-state index contributed by atoms with van der Waals surface area (Å²) in [5, 5.41) is 19.4. The average Bonchev–Trinajstić information content (AvgIpc) is 2.96. The van der Waals surface area contributed by atoms with Gasteiger partial charge in [-0.1, -0.05) is 13.8 Å². The first-order valence-electron chi connectivity index (χ1n) is 8.05. The summed E-state index contributed by atoms with van der Waals surface area (Å²) in [7, 11) is -4.08. The van der Waals surface area contributed by atoms with Crippen LogP contribution in [0.5, 0.6) is 0 Å². The first kappa shape index (κ1) is 18.9. The van der Waals surface area contributed by atoms with Gasteiger partial charge in [-0.25, -0.2) is 13.2 Å². The molecule has 1 atom stereocenters. The molecule has 27 heavy (non-hydrogen) atoms. The van der Waals surface area contributed by atoms with Gasteiger partial charge >= 0.3 is 11.9 Å². The van der Waals surface area contributed by atoms with Crippen molar-refractivity contribution in [2.75, 3.05) is 0 Å². The number of carboxylic acid groups (broad SMARTS) is 2. The van der Waals surface area contributed by atoms with Crippen molar-refractivity contribution in [3.63, 3.8) is 0 Å². The molecule has 1 aromatic heterocycles. The van der Waals surface area contributed by atoms with Gasteiger partial charge in [0.2, 0.25) is 10.0 Å². The maximum atomic E-state index is 12.6. The van der Waals surface area contributed by atoms with Crippen LogP contribution in [0.4, 0.5) is 0 Å². The van der Waals surface area contributed by atoms with Gasteiger partial charge in [-0.3, -0.25) is 4.79 Å². The number of benzene rings is 2. The minimum absolute atomic E-state index is 0.0878. The lowest BCUT2D eigenvalue weighted by Crippen LogP contribution is -2.44. The Labute approximate surface area is 154 Å². The van der Waals surface area contributed by atoms with Crippen LogP contribution in [0.1, 0.15) is 24.2 Å². The van der Waals surface area contributed by atoms with Crippen LogP contribution >= 0.6 is 0 Å². The predicted octanol–water partition coefficient (Wildman–Crippen LogP) is 2.67. The summed E-state index contributed by atoms with van der Waals surface area (Å²) in [5.74, 6) is -2.79. The molecule has 0 bridgehead atoms. The van der Waals surface area contributed by atoms with Crippen LogP contribution < -0.4 is 4.72 Å². The maximum Gasteiger partial charge on any atom is 0.335 e. The Morgan fingerprint density at radius 3 is 2.30 bits per heavy atom. The second-order valence-corrected chi connectivity index (χ2v) is 8.17. The molecule has 0 amide bonds. The zero-order valence-corrected chi connectivity index (χ0v) is 15.3. The van der Waals surface area contributed by atoms with Crippen molar-refractivity contribution in [3.05, 3.63) is 42.0 Å². The van der Waals surface area contributed by atoms with Crippen LogP contribution in [0, 0.1) is 5.92 Å². The first-order chi connectivity index (χ1) is 12.6. The summed E-state index contributed by atoms with van der Waals surface area (Å²) in [5.41, 5.74) is 0.764. The van der Waals surface area contributed by atoms with E-state index in [2.05, 4.69) is 4.72 Å². The SMILES string of the molecule is CC(C)[C@H](NS(=O)(=O)c1ccc2c(c1)oc1ccc(C(=O)O)cc12)C(=O)O. The number of nitrogens with one attached hydrogen (secondary N) is 1. The fraction of sp³-hybridized carbons (Fsp3) is 0.222. The Bertz CT molecular complexity index is 1160. The molecule has 0 saturated heterocycles. The minimum Gasteiger partial charge on any atom is -0.480 e. The maximum absolute atomic E-state index is 12.6. The second-order valence-electron chi connectivity index (χ2n) is 6.46. The van der Waals surface area contributed by atoms with Crippen molar-refractivity contribution in [3.8, 4) is 0 Å². The highest BCUT2D eigenvalue weighted by atomic mass is 32.2. The highest BCUT2D eigenvalue weighted by Crippen LogP contribution is 2.31. The van der Waals surface area contributed by atoms with Crippen LogP contribution in [0.25, 0.3) is 21.9 Å². The van der Waals surface area contributed by atoms with Crippen molar-refractivity contribution in [2.24, 2.45) is 5.92 Å². The lowest BCUT2D eigenvalue weighted by molar-refractivity contribution is -0.140. The topological polar surface area (TPSA) is 134 Å². The summed E-state index contributed by atoms with van der Waals surface area (Å²) < 4.78 is 32.9. The van der Waals surface area contributed by atoms with Crippen LogP contribution in [-0.2, 0) is 14.8 Å². The first-order valence-corrected chi connectivity index (χ1v) is 9.53. The number of hydrogen-bond acceptors (Lipinski definition) is 5. The highest BCUT2D eigenvalue weighted by Gasteiger charge is 2.28. The van der Waals surface area contributed by atoms with Gasteiger partial charge in [0.05, 0.1) is 10.5 Å². The van der Waals surface area contributed by atoms with E-state index in [4.69, 9.17) is 9.52 Å². The molecular weight excluding hydrogens is 374 g/mol. The summed E-state index contributed by atoms with van der Waals surface area (Å²) in [4.78, 5) is 22.3. The summed E-state index contributed by atoms with van der Waals surface area (Å²) in [6.45, 7) is 3.20. The second kappa shape index (κ2) is 6.67. The Morgan fingerprint density at radius 1 is 1.00 bits per heavy atom. The van der Waals surface area contributed by atoms with E-state index in [-0.39, 0.29) is 16.0 Å². The molecular formula is C18H17NO7S. The van der Waals surface area contributed by atoms with Crippen molar-refractivity contribution in [1.82, 2.24) is 4.72 Å². The molecule has 9 heteroatoms. The normalized spacial score (nSPS) is 13.3. The number of rotatable bonds is 6. The third kappa shape index (κ3) is 3.51. The van der Waals surface area contributed by atoms with Crippen LogP contribution in [0.15, 0.2) is 45.7 Å². The third-order valence-electron chi connectivity index (χ3n) is 4.21. The Kier molecular flexibility index (Phi) is 4.66. The number of carboxylic acids is 2. The average molecular weight is 391 g/mol. The van der Waals surface area contributed by atoms with E-state index >= 15 is 0 Å². The molecule has 0 aliphatic rings. The molecule has 0 radical (unpaired) electrons. The molecule has 0 fully saturated rings. The Hall–Kier alpha value is -2.91. The summed E-state index contributed by atoms with van der Waals surface area (Å²) in [6.07, 6.45) is 0. The van der Waals surface area contributed by atoms with E-state index in [0.29, 0.717) is 16.4 Å². The monoisotopic (exact) mass is 391 g/mol. The Morgan fingerprint density at radius 2 is 1.70 bits per heavy atom.